The van der Waals surface area contributed by atoms with Gasteiger partial charge in [0.1, 0.15) is 6.54 Å². The Hall–Kier alpha value is -1.31. The number of nitrogens with zero attached hydrogens (tertiary/aromatic N) is 1. The SMILES string of the molecule is COC(=O)C[N+](C)(C)CC#Cc1ccccc1.[Br-]. The molecule has 1 rings (SSSR count). The van der Waals surface area contributed by atoms with E-state index in [1.807, 2.05) is 44.4 Å². The first kappa shape index (κ1) is 16.7. The molecule has 0 fully saturated rings. The second-order valence-corrected chi connectivity index (χ2v) is 4.50. The minimum atomic E-state index is -0.212. The molecule has 0 atom stereocenters. The van der Waals surface area contributed by atoms with Gasteiger partial charge in [-0.05, 0) is 18.1 Å². The van der Waals surface area contributed by atoms with E-state index in [1.54, 1.807) is 0 Å². The molecule has 0 bridgehead atoms. The maximum absolute atomic E-state index is 11.2. The largest absolute Gasteiger partial charge is 1.00 e. The second-order valence-electron chi connectivity index (χ2n) is 4.50. The van der Waals surface area contributed by atoms with Crippen molar-refractivity contribution in [2.75, 3.05) is 34.3 Å². The van der Waals surface area contributed by atoms with Crippen LogP contribution in [0.15, 0.2) is 30.3 Å². The number of benzene rings is 1. The van der Waals surface area contributed by atoms with E-state index < -0.39 is 0 Å². The number of likely N-dealkylation sites (N-methyl/N-ethyl adjacent to an activating group) is 1. The van der Waals surface area contributed by atoms with Gasteiger partial charge in [-0.2, -0.15) is 0 Å². The van der Waals surface area contributed by atoms with E-state index >= 15 is 0 Å². The van der Waals surface area contributed by atoms with Crippen LogP contribution in [0.5, 0.6) is 0 Å². The molecule has 0 amide bonds. The fraction of sp³-hybridized carbons (Fsp3) is 0.357. The van der Waals surface area contributed by atoms with Crippen molar-refractivity contribution in [1.82, 2.24) is 0 Å². The van der Waals surface area contributed by atoms with Crippen LogP contribution < -0.4 is 17.0 Å². The minimum Gasteiger partial charge on any atom is -1.00 e. The van der Waals surface area contributed by atoms with E-state index in [2.05, 4.69) is 16.6 Å². The van der Waals surface area contributed by atoms with Crippen LogP contribution >= 0.6 is 0 Å². The highest BCUT2D eigenvalue weighted by Gasteiger charge is 2.18. The molecule has 0 aliphatic rings. The van der Waals surface area contributed by atoms with Crippen molar-refractivity contribution in [1.29, 1.82) is 0 Å². The Morgan fingerprint density at radius 3 is 2.44 bits per heavy atom. The summed E-state index contributed by atoms with van der Waals surface area (Å²) in [5, 5.41) is 0. The molecule has 1 aromatic carbocycles. The smallest absolute Gasteiger partial charge is 0.361 e. The van der Waals surface area contributed by atoms with Gasteiger partial charge in [-0.1, -0.05) is 24.1 Å². The molecule has 0 saturated heterocycles. The van der Waals surface area contributed by atoms with Gasteiger partial charge in [-0.25, -0.2) is 4.79 Å². The Balaban J connectivity index is 0.00000289. The number of quaternary nitrogens is 1. The third-order valence-corrected chi connectivity index (χ3v) is 2.30. The zero-order valence-corrected chi connectivity index (χ0v) is 12.5. The summed E-state index contributed by atoms with van der Waals surface area (Å²) < 4.78 is 5.15. The van der Waals surface area contributed by atoms with Crippen molar-refractivity contribution >= 4 is 5.97 Å². The van der Waals surface area contributed by atoms with Gasteiger partial charge in [0, 0.05) is 5.56 Å². The Morgan fingerprint density at radius 2 is 1.89 bits per heavy atom. The molecule has 0 unspecified atom stereocenters. The van der Waals surface area contributed by atoms with Crippen LogP contribution in [0, 0.1) is 11.8 Å². The zero-order chi connectivity index (χ0) is 12.7. The van der Waals surface area contributed by atoms with E-state index in [-0.39, 0.29) is 23.0 Å². The maximum Gasteiger partial charge on any atom is 0.361 e. The third kappa shape index (κ3) is 6.43. The van der Waals surface area contributed by atoms with Crippen molar-refractivity contribution in [3.8, 4) is 11.8 Å². The highest BCUT2D eigenvalue weighted by Crippen LogP contribution is 1.98. The molecular formula is C14H18BrNO2. The fourth-order valence-corrected chi connectivity index (χ4v) is 1.35. The summed E-state index contributed by atoms with van der Waals surface area (Å²) >= 11 is 0. The first-order valence-corrected chi connectivity index (χ1v) is 5.46. The summed E-state index contributed by atoms with van der Waals surface area (Å²) in [5.41, 5.74) is 0.991. The lowest BCUT2D eigenvalue weighted by Gasteiger charge is -2.25. The number of esters is 1. The number of carbonyl (C=O) groups excluding carboxylic acids is 1. The molecule has 0 aromatic heterocycles. The standard InChI is InChI=1S/C14H18NO2.BrH/c1-15(2,12-14(16)17-3)11-7-10-13-8-5-4-6-9-13;/h4-6,8-9H,11-12H2,1-3H3;1H/q+1;/p-1. The van der Waals surface area contributed by atoms with E-state index in [4.69, 9.17) is 0 Å². The molecule has 98 valence electrons. The molecule has 0 heterocycles. The van der Waals surface area contributed by atoms with E-state index in [9.17, 15) is 4.79 Å². The lowest BCUT2D eigenvalue weighted by Crippen LogP contribution is -3.00. The molecule has 3 nitrogen and oxygen atoms in total. The molecule has 1 aromatic rings. The van der Waals surface area contributed by atoms with Gasteiger partial charge in [0.05, 0.1) is 21.2 Å². The first-order valence-electron chi connectivity index (χ1n) is 5.46. The normalized spacial score (nSPS) is 9.72. The summed E-state index contributed by atoms with van der Waals surface area (Å²) in [5.74, 6) is 5.95. The number of methoxy groups -OCH3 is 1. The van der Waals surface area contributed by atoms with Crippen LogP contribution in [0.25, 0.3) is 0 Å². The van der Waals surface area contributed by atoms with E-state index in [1.165, 1.54) is 7.11 Å². The van der Waals surface area contributed by atoms with Gasteiger partial charge in [0.25, 0.3) is 0 Å². The van der Waals surface area contributed by atoms with E-state index in [0.29, 0.717) is 17.6 Å². The van der Waals surface area contributed by atoms with Crippen LogP contribution in [-0.2, 0) is 9.53 Å². The summed E-state index contributed by atoms with van der Waals surface area (Å²) in [6, 6.07) is 9.81. The van der Waals surface area contributed by atoms with Crippen LogP contribution in [0.4, 0.5) is 0 Å². The Morgan fingerprint density at radius 1 is 1.28 bits per heavy atom. The number of ether oxygens (including phenoxy) is 1. The average molecular weight is 312 g/mol. The van der Waals surface area contributed by atoms with Crippen molar-refractivity contribution < 1.29 is 31.0 Å². The molecule has 4 heteroatoms. The van der Waals surface area contributed by atoms with Crippen LogP contribution in [0.1, 0.15) is 5.56 Å². The summed E-state index contributed by atoms with van der Waals surface area (Å²) in [6.07, 6.45) is 0. The average Bonchev–Trinajstić information content (AvgIpc) is 2.29. The fourth-order valence-electron chi connectivity index (χ4n) is 1.35. The van der Waals surface area contributed by atoms with Crippen LogP contribution in [0.2, 0.25) is 0 Å². The van der Waals surface area contributed by atoms with Gasteiger partial charge >= 0.3 is 5.97 Å². The topological polar surface area (TPSA) is 26.3 Å². The quantitative estimate of drug-likeness (QED) is 0.378. The number of rotatable bonds is 3. The lowest BCUT2D eigenvalue weighted by atomic mass is 10.2. The Bertz CT molecular complexity index is 432. The molecule has 0 aliphatic heterocycles. The molecular weight excluding hydrogens is 294 g/mol. The highest BCUT2D eigenvalue weighted by atomic mass is 79.9. The molecule has 0 aliphatic carbocycles. The Labute approximate surface area is 119 Å². The number of hydrogen-bond donors (Lipinski definition) is 0. The Kier molecular flexibility index (Phi) is 7.33. The van der Waals surface area contributed by atoms with Gasteiger partial charge in [0.2, 0.25) is 0 Å². The number of hydrogen-bond acceptors (Lipinski definition) is 2. The van der Waals surface area contributed by atoms with Crippen LogP contribution in [-0.4, -0.2) is 44.7 Å². The molecule has 0 spiro atoms. The summed E-state index contributed by atoms with van der Waals surface area (Å²) in [6.45, 7) is 0.948. The zero-order valence-electron chi connectivity index (χ0n) is 10.9. The van der Waals surface area contributed by atoms with Gasteiger partial charge < -0.3 is 26.2 Å². The van der Waals surface area contributed by atoms with Crippen LogP contribution in [0.3, 0.4) is 0 Å². The maximum atomic E-state index is 11.2. The first-order chi connectivity index (χ1) is 8.03. The summed E-state index contributed by atoms with van der Waals surface area (Å²) in [7, 11) is 5.31. The predicted molar refractivity (Wildman–Crippen MR) is 67.2 cm³/mol. The molecule has 0 radical (unpaired) electrons. The second kappa shape index (κ2) is 7.91. The van der Waals surface area contributed by atoms with Crippen molar-refractivity contribution in [2.24, 2.45) is 0 Å². The third-order valence-electron chi connectivity index (χ3n) is 2.30. The highest BCUT2D eigenvalue weighted by molar-refractivity contribution is 5.70. The van der Waals surface area contributed by atoms with Crippen molar-refractivity contribution in [2.45, 2.75) is 0 Å². The van der Waals surface area contributed by atoms with Crippen molar-refractivity contribution in [3.63, 3.8) is 0 Å². The van der Waals surface area contributed by atoms with Gasteiger partial charge in [-0.15, -0.1) is 0 Å². The lowest BCUT2D eigenvalue weighted by molar-refractivity contribution is -0.875. The monoisotopic (exact) mass is 311 g/mol. The minimum absolute atomic E-state index is 0. The van der Waals surface area contributed by atoms with E-state index in [0.717, 1.165) is 5.56 Å². The molecule has 0 N–H and O–H groups in total. The predicted octanol–water partition coefficient (Wildman–Crippen LogP) is -1.71. The van der Waals surface area contributed by atoms with Gasteiger partial charge in [0.15, 0.2) is 6.54 Å². The molecule has 0 saturated carbocycles. The number of carbonyl (C=O) groups is 1. The molecule has 18 heavy (non-hydrogen) atoms. The number of halogens is 1. The van der Waals surface area contributed by atoms with Gasteiger partial charge in [-0.3, -0.25) is 0 Å². The summed E-state index contributed by atoms with van der Waals surface area (Å²) in [4.78, 5) is 11.2. The van der Waals surface area contributed by atoms with Crippen molar-refractivity contribution in [3.05, 3.63) is 35.9 Å².